The van der Waals surface area contributed by atoms with Crippen LogP contribution in [0.1, 0.15) is 31.8 Å². The van der Waals surface area contributed by atoms with Crippen molar-refractivity contribution >= 4 is 33.7 Å². The molecule has 0 atom stereocenters. The van der Waals surface area contributed by atoms with Gasteiger partial charge in [-0.1, -0.05) is 48.5 Å². The predicted molar refractivity (Wildman–Crippen MR) is 157 cm³/mol. The monoisotopic (exact) mass is 528 g/mol. The van der Waals surface area contributed by atoms with Crippen LogP contribution in [0.3, 0.4) is 0 Å². The third-order valence-corrected chi connectivity index (χ3v) is 7.34. The Hall–Kier alpha value is -5.10. The fourth-order valence-electron chi connectivity index (χ4n) is 5.12. The molecule has 0 radical (unpaired) electrons. The van der Waals surface area contributed by atoms with Crippen molar-refractivity contribution in [2.75, 3.05) is 14.2 Å². The molecule has 0 aliphatic heterocycles. The lowest BCUT2D eigenvalue weighted by molar-refractivity contribution is 0.0592. The highest BCUT2D eigenvalue weighted by molar-refractivity contribution is 5.91. The van der Waals surface area contributed by atoms with Gasteiger partial charge in [-0.2, -0.15) is 0 Å². The van der Waals surface area contributed by atoms with Crippen LogP contribution in [0.4, 0.5) is 0 Å². The molecule has 2 aromatic heterocycles. The van der Waals surface area contributed by atoms with Crippen molar-refractivity contribution in [3.05, 3.63) is 132 Å². The van der Waals surface area contributed by atoms with Crippen LogP contribution < -0.4 is 0 Å². The van der Waals surface area contributed by atoms with E-state index < -0.39 is 0 Å². The number of benzene rings is 4. The highest BCUT2D eigenvalue weighted by atomic mass is 16.5. The van der Waals surface area contributed by atoms with Gasteiger partial charge in [-0.25, -0.2) is 9.59 Å². The van der Waals surface area contributed by atoms with Crippen molar-refractivity contribution in [1.82, 2.24) is 9.13 Å². The first-order valence-electron chi connectivity index (χ1n) is 13.0. The summed E-state index contributed by atoms with van der Waals surface area (Å²) in [7, 11) is 2.78. The van der Waals surface area contributed by atoms with Crippen LogP contribution in [-0.4, -0.2) is 35.3 Å². The van der Waals surface area contributed by atoms with Gasteiger partial charge in [-0.3, -0.25) is 0 Å². The molecule has 0 amide bonds. The maximum Gasteiger partial charge on any atom is 0.337 e. The molecule has 0 fully saturated rings. The molecule has 0 saturated heterocycles. The molecule has 0 bridgehead atoms. The number of ether oxygens (including phenoxy) is 2. The summed E-state index contributed by atoms with van der Waals surface area (Å²) in [5.41, 5.74) is 7.89. The van der Waals surface area contributed by atoms with E-state index in [2.05, 4.69) is 70.1 Å². The molecule has 198 valence electrons. The van der Waals surface area contributed by atoms with E-state index in [0.717, 1.165) is 33.3 Å². The van der Waals surface area contributed by atoms with Gasteiger partial charge in [-0.15, -0.1) is 0 Å². The van der Waals surface area contributed by atoms with Gasteiger partial charge in [0.1, 0.15) is 0 Å². The van der Waals surface area contributed by atoms with Gasteiger partial charge in [0.15, 0.2) is 0 Å². The fourth-order valence-corrected chi connectivity index (χ4v) is 5.12. The van der Waals surface area contributed by atoms with Gasteiger partial charge in [0.25, 0.3) is 0 Å². The molecule has 2 heterocycles. The molecule has 0 spiro atoms. The number of esters is 2. The van der Waals surface area contributed by atoms with E-state index >= 15 is 0 Å². The highest BCUT2D eigenvalue weighted by Crippen LogP contribution is 2.29. The Morgan fingerprint density at radius 1 is 0.550 bits per heavy atom. The summed E-state index contributed by atoms with van der Waals surface area (Å²) in [5.74, 6) is -0.663. The Morgan fingerprint density at radius 2 is 0.950 bits per heavy atom. The molecule has 0 aliphatic carbocycles. The predicted octanol–water partition coefficient (Wildman–Crippen LogP) is 6.93. The SMILES string of the molecule is COC(=O)c1ccc(Cn2ccc3ccc(-c4ccc5ccn(Cc6ccc(C(=O)OC)cc6)c5c4)cc32)cc1. The van der Waals surface area contributed by atoms with E-state index in [4.69, 9.17) is 9.47 Å². The smallest absolute Gasteiger partial charge is 0.337 e. The standard InChI is InChI=1S/C34H28N2O4/c1-39-33(37)27-7-3-23(4-8-27)21-35-17-15-25-11-13-29(19-31(25)35)30-14-12-26-16-18-36(32(26)20-30)22-24-5-9-28(10-6-24)34(38)40-2/h3-20H,21-22H2,1-2H3. The van der Waals surface area contributed by atoms with Gasteiger partial charge in [0.05, 0.1) is 25.3 Å². The molecular weight excluding hydrogens is 500 g/mol. The van der Waals surface area contributed by atoms with Crippen molar-refractivity contribution in [2.45, 2.75) is 13.1 Å². The Kier molecular flexibility index (Phi) is 6.66. The third kappa shape index (κ3) is 4.87. The minimum absolute atomic E-state index is 0.331. The summed E-state index contributed by atoms with van der Waals surface area (Å²) in [6.07, 6.45) is 4.20. The first kappa shape index (κ1) is 25.2. The topological polar surface area (TPSA) is 62.5 Å². The minimum Gasteiger partial charge on any atom is -0.465 e. The van der Waals surface area contributed by atoms with Crippen molar-refractivity contribution in [3.63, 3.8) is 0 Å². The zero-order valence-corrected chi connectivity index (χ0v) is 22.3. The van der Waals surface area contributed by atoms with Crippen LogP contribution in [0.5, 0.6) is 0 Å². The number of fused-ring (bicyclic) bond motifs is 2. The van der Waals surface area contributed by atoms with E-state index in [1.165, 1.54) is 25.0 Å². The van der Waals surface area contributed by atoms with Crippen molar-refractivity contribution in [3.8, 4) is 11.1 Å². The number of aromatic nitrogens is 2. The Bertz CT molecular complexity index is 1710. The number of methoxy groups -OCH3 is 2. The Morgan fingerprint density at radius 3 is 1.32 bits per heavy atom. The molecule has 6 rings (SSSR count). The Labute approximate surface area is 232 Å². The van der Waals surface area contributed by atoms with Gasteiger partial charge in [0.2, 0.25) is 0 Å². The average Bonchev–Trinajstić information content (AvgIpc) is 3.60. The zero-order chi connectivity index (χ0) is 27.6. The van der Waals surface area contributed by atoms with Crippen molar-refractivity contribution < 1.29 is 19.1 Å². The number of rotatable bonds is 7. The normalized spacial score (nSPS) is 11.2. The van der Waals surface area contributed by atoms with Gasteiger partial charge in [-0.05, 0) is 81.6 Å². The van der Waals surface area contributed by atoms with Gasteiger partial charge in [0, 0.05) is 36.5 Å². The summed E-state index contributed by atoms with van der Waals surface area (Å²) in [5, 5.41) is 2.35. The van der Waals surface area contributed by atoms with Crippen LogP contribution >= 0.6 is 0 Å². The Balaban J connectivity index is 1.28. The van der Waals surface area contributed by atoms with Crippen LogP contribution in [0, 0.1) is 0 Å². The lowest BCUT2D eigenvalue weighted by Gasteiger charge is -2.10. The number of carbonyl (C=O) groups is 2. The molecule has 6 nitrogen and oxygen atoms in total. The summed E-state index contributed by atoms with van der Waals surface area (Å²) in [4.78, 5) is 23.5. The molecule has 0 aliphatic rings. The lowest BCUT2D eigenvalue weighted by Crippen LogP contribution is -2.02. The molecule has 6 aromatic rings. The maximum absolute atomic E-state index is 11.8. The molecule has 0 saturated carbocycles. The average molecular weight is 529 g/mol. The van der Waals surface area contributed by atoms with Crippen LogP contribution in [0.25, 0.3) is 32.9 Å². The zero-order valence-electron chi connectivity index (χ0n) is 22.3. The van der Waals surface area contributed by atoms with Crippen LogP contribution in [0.15, 0.2) is 109 Å². The maximum atomic E-state index is 11.8. The minimum atomic E-state index is -0.331. The number of nitrogens with zero attached hydrogens (tertiary/aromatic N) is 2. The number of carbonyl (C=O) groups excluding carboxylic acids is 2. The van der Waals surface area contributed by atoms with E-state index in [1.54, 1.807) is 24.3 Å². The highest BCUT2D eigenvalue weighted by Gasteiger charge is 2.10. The summed E-state index contributed by atoms with van der Waals surface area (Å²) in [6.45, 7) is 1.40. The second kappa shape index (κ2) is 10.6. The molecule has 40 heavy (non-hydrogen) atoms. The number of hydrogen-bond donors (Lipinski definition) is 0. The third-order valence-electron chi connectivity index (χ3n) is 7.34. The van der Waals surface area contributed by atoms with Gasteiger partial charge >= 0.3 is 11.9 Å². The van der Waals surface area contributed by atoms with Crippen molar-refractivity contribution in [2.24, 2.45) is 0 Å². The largest absolute Gasteiger partial charge is 0.465 e. The second-order valence-corrected chi connectivity index (χ2v) is 9.81. The van der Waals surface area contributed by atoms with E-state index in [0.29, 0.717) is 24.2 Å². The van der Waals surface area contributed by atoms with E-state index in [1.807, 2.05) is 24.3 Å². The molecular formula is C34H28N2O4. The van der Waals surface area contributed by atoms with E-state index in [9.17, 15) is 9.59 Å². The van der Waals surface area contributed by atoms with Crippen LogP contribution in [-0.2, 0) is 22.6 Å². The van der Waals surface area contributed by atoms with E-state index in [-0.39, 0.29) is 11.9 Å². The van der Waals surface area contributed by atoms with Gasteiger partial charge < -0.3 is 18.6 Å². The molecule has 0 unspecified atom stereocenters. The lowest BCUT2D eigenvalue weighted by atomic mass is 10.0. The first-order valence-corrected chi connectivity index (χ1v) is 13.0. The summed E-state index contributed by atoms with van der Waals surface area (Å²) >= 11 is 0. The fraction of sp³-hybridized carbons (Fsp3) is 0.118. The second-order valence-electron chi connectivity index (χ2n) is 9.81. The molecule has 4 aromatic carbocycles. The molecule has 6 heteroatoms. The quantitative estimate of drug-likeness (QED) is 0.211. The number of hydrogen-bond acceptors (Lipinski definition) is 4. The summed E-state index contributed by atoms with van der Waals surface area (Å²) < 4.78 is 14.1. The first-order chi connectivity index (χ1) is 19.5. The van der Waals surface area contributed by atoms with Crippen LogP contribution in [0.2, 0.25) is 0 Å². The van der Waals surface area contributed by atoms with Crippen molar-refractivity contribution in [1.29, 1.82) is 0 Å². The molecule has 0 N–H and O–H groups in total. The summed E-state index contributed by atoms with van der Waals surface area (Å²) in [6, 6.07) is 32.4.